The first kappa shape index (κ1) is 33.7. The molecule has 9 nitrogen and oxygen atoms in total. The van der Waals surface area contributed by atoms with Crippen molar-refractivity contribution < 1.29 is 38.7 Å². The summed E-state index contributed by atoms with van der Waals surface area (Å²) >= 11 is 0. The predicted molar refractivity (Wildman–Crippen MR) is 190 cm³/mol. The molecule has 9 heteroatoms. The molecule has 7 fully saturated rings. The van der Waals surface area contributed by atoms with Gasteiger partial charge < -0.3 is 39.2 Å². The lowest BCUT2D eigenvalue weighted by Gasteiger charge is -2.69. The quantitative estimate of drug-likeness (QED) is 0.245. The molecule has 3 saturated carbocycles. The van der Waals surface area contributed by atoms with E-state index in [2.05, 4.69) is 52.9 Å². The molecule has 3 N–H and O–H groups in total. The Kier molecular flexibility index (Phi) is 6.40. The monoisotopic (exact) mass is 703 g/mol. The number of hydrogen-bond donors (Lipinski definition) is 3. The Morgan fingerprint density at radius 1 is 0.941 bits per heavy atom. The van der Waals surface area contributed by atoms with Crippen LogP contribution in [0.1, 0.15) is 122 Å². The highest BCUT2D eigenvalue weighted by Gasteiger charge is 2.90. The van der Waals surface area contributed by atoms with Crippen LogP contribution in [0.15, 0.2) is 23.8 Å². The van der Waals surface area contributed by atoms with Crippen LogP contribution in [0.3, 0.4) is 0 Å². The maximum absolute atomic E-state index is 14.3. The number of rotatable bonds is 1. The Balaban J connectivity index is 1.03. The van der Waals surface area contributed by atoms with E-state index in [1.165, 1.54) is 11.1 Å². The maximum Gasteiger partial charge on any atom is 0.178 e. The molecule has 5 heterocycles. The molecule has 10 rings (SSSR count). The fraction of sp³-hybridized carbons (Fsp3) is 0.786. The normalized spacial score (nSPS) is 52.7. The van der Waals surface area contributed by atoms with Gasteiger partial charge in [-0.15, -0.1) is 0 Å². The highest BCUT2D eigenvalue weighted by atomic mass is 16.8. The van der Waals surface area contributed by atoms with Crippen molar-refractivity contribution >= 4 is 11.5 Å². The van der Waals surface area contributed by atoms with Gasteiger partial charge in [0.05, 0.1) is 34.9 Å². The average molecular weight is 704 g/mol. The molecule has 51 heavy (non-hydrogen) atoms. The summed E-state index contributed by atoms with van der Waals surface area (Å²) in [5.74, 6) is 0.475. The number of ketones is 1. The standard InChI is InChI=1S/C42H57NO8/c1-19(2)15-28-48-32-34(38(7,8)49-28)47-27-13-14-39(9)40(10)20(17-26(44)42(39,46)41(27)35(32)50-41)16-23-29-22-18-24-30(37(5,6)51-36(24,3)4)31(45)21(22)11-12-25(29)43-33(23)40/h11-12,15,20,23-24,26-28,30,32-35,43-44,46H,13-14,16-18H2,1-10H3. The van der Waals surface area contributed by atoms with Gasteiger partial charge in [-0.1, -0.05) is 19.4 Å². The molecular weight excluding hydrogens is 646 g/mol. The summed E-state index contributed by atoms with van der Waals surface area (Å²) in [6.07, 6.45) is 2.43. The van der Waals surface area contributed by atoms with Crippen molar-refractivity contribution in [3.05, 3.63) is 40.5 Å². The van der Waals surface area contributed by atoms with Gasteiger partial charge in [0.15, 0.2) is 17.7 Å². The number of fused-ring (bicyclic) bond motifs is 12. The second kappa shape index (κ2) is 9.68. The largest absolute Gasteiger partial charge is 0.390 e. The van der Waals surface area contributed by atoms with Crippen LogP contribution < -0.4 is 5.32 Å². The molecular formula is C42H57NO8. The summed E-state index contributed by atoms with van der Waals surface area (Å²) in [7, 11) is 0. The number of carbonyl (C=O) groups is 1. The third-order valence-corrected chi connectivity index (χ3v) is 16.5. The van der Waals surface area contributed by atoms with Crippen molar-refractivity contribution in [3.8, 4) is 0 Å². The van der Waals surface area contributed by atoms with Crippen LogP contribution in [0.5, 0.6) is 0 Å². The van der Waals surface area contributed by atoms with Gasteiger partial charge in [0.2, 0.25) is 0 Å². The summed E-state index contributed by atoms with van der Waals surface area (Å²) in [6, 6.07) is 4.21. The zero-order chi connectivity index (χ0) is 36.2. The molecule has 0 aromatic heterocycles. The third-order valence-electron chi connectivity index (χ3n) is 16.5. The van der Waals surface area contributed by atoms with Crippen LogP contribution in [0.2, 0.25) is 0 Å². The smallest absolute Gasteiger partial charge is 0.178 e. The second-order valence-corrected chi connectivity index (χ2v) is 20.2. The van der Waals surface area contributed by atoms with E-state index in [1.807, 2.05) is 39.8 Å². The van der Waals surface area contributed by atoms with Crippen molar-refractivity contribution in [1.29, 1.82) is 0 Å². The van der Waals surface area contributed by atoms with E-state index >= 15 is 0 Å². The number of Topliss-reactive ketones (excluding diaryl/α,β-unsaturated/α-hetero) is 1. The van der Waals surface area contributed by atoms with Crippen LogP contribution in [-0.2, 0) is 30.1 Å². The number of aliphatic hydroxyl groups is 2. The van der Waals surface area contributed by atoms with Gasteiger partial charge in [0.1, 0.15) is 23.9 Å². The molecule has 0 radical (unpaired) electrons. The topological polar surface area (TPSA) is 119 Å². The number of carbonyl (C=O) groups excluding carboxylic acids is 1. The molecule has 278 valence electrons. The zero-order valence-corrected chi connectivity index (χ0v) is 32.0. The Labute approximate surface area is 302 Å². The Morgan fingerprint density at radius 3 is 2.41 bits per heavy atom. The van der Waals surface area contributed by atoms with Crippen molar-refractivity contribution in [3.63, 3.8) is 0 Å². The fourth-order valence-corrected chi connectivity index (χ4v) is 14.3. The molecule has 4 saturated heterocycles. The van der Waals surface area contributed by atoms with Crippen LogP contribution in [-0.4, -0.2) is 86.9 Å². The van der Waals surface area contributed by atoms with Gasteiger partial charge in [-0.05, 0) is 128 Å². The first-order valence-corrected chi connectivity index (χ1v) is 19.6. The molecule has 5 aliphatic heterocycles. The highest BCUT2D eigenvalue weighted by Crippen LogP contribution is 2.78. The summed E-state index contributed by atoms with van der Waals surface area (Å²) in [6.45, 7) is 21.2. The second-order valence-electron chi connectivity index (χ2n) is 20.2. The lowest BCUT2D eigenvalue weighted by Crippen LogP contribution is -2.81. The van der Waals surface area contributed by atoms with Crippen molar-refractivity contribution in [2.75, 3.05) is 5.32 Å². The summed E-state index contributed by atoms with van der Waals surface area (Å²) in [5.41, 5.74) is 0.232. The zero-order valence-electron chi connectivity index (χ0n) is 32.0. The molecule has 9 aliphatic rings. The van der Waals surface area contributed by atoms with E-state index in [1.54, 1.807) is 0 Å². The first-order chi connectivity index (χ1) is 23.7. The Morgan fingerprint density at radius 2 is 1.69 bits per heavy atom. The van der Waals surface area contributed by atoms with Crippen LogP contribution in [0.4, 0.5) is 5.69 Å². The molecule has 0 amide bonds. The van der Waals surface area contributed by atoms with Gasteiger partial charge in [0, 0.05) is 34.5 Å². The van der Waals surface area contributed by atoms with Crippen LogP contribution >= 0.6 is 0 Å². The molecule has 1 spiro atoms. The van der Waals surface area contributed by atoms with Gasteiger partial charge >= 0.3 is 0 Å². The summed E-state index contributed by atoms with van der Waals surface area (Å²) in [4.78, 5) is 14.3. The summed E-state index contributed by atoms with van der Waals surface area (Å²) < 4.78 is 33.3. The Bertz CT molecular complexity index is 1780. The number of aliphatic hydroxyl groups excluding tert-OH is 1. The van der Waals surface area contributed by atoms with Gasteiger partial charge in [-0.25, -0.2) is 0 Å². The van der Waals surface area contributed by atoms with Crippen LogP contribution in [0, 0.1) is 28.6 Å². The van der Waals surface area contributed by atoms with Gasteiger partial charge in [-0.3, -0.25) is 4.79 Å². The van der Waals surface area contributed by atoms with E-state index < -0.39 is 58.0 Å². The Hall–Kier alpha value is -1.85. The number of allylic oxidation sites excluding steroid dienone is 1. The first-order valence-electron chi connectivity index (χ1n) is 19.6. The highest BCUT2D eigenvalue weighted by molar-refractivity contribution is 6.02. The number of ether oxygens (including phenoxy) is 5. The average Bonchev–Trinajstić information content (AvgIpc) is 3.53. The SMILES string of the molecule is CC(C)=CC1OC2C(OC3CCC4(C)C5(C)C(CC6c7c(ccc8c7CC7C(C8=O)C(C)(C)OC7(C)C)NC65)CC(O)C4(O)C34OC24)C(C)(C)O1. The minimum Gasteiger partial charge on any atom is -0.390 e. The molecule has 1 aromatic carbocycles. The number of hydrogen-bond acceptors (Lipinski definition) is 9. The number of benzene rings is 1. The van der Waals surface area contributed by atoms with Gasteiger partial charge in [0.25, 0.3) is 0 Å². The van der Waals surface area contributed by atoms with E-state index in [0.29, 0.717) is 19.3 Å². The third kappa shape index (κ3) is 3.71. The molecule has 0 bridgehead atoms. The molecule has 4 aliphatic carbocycles. The van der Waals surface area contributed by atoms with E-state index in [4.69, 9.17) is 23.7 Å². The van der Waals surface area contributed by atoms with Gasteiger partial charge in [-0.2, -0.15) is 0 Å². The number of anilines is 1. The number of nitrogens with one attached hydrogen (secondary N) is 1. The van der Waals surface area contributed by atoms with E-state index in [-0.39, 0.29) is 53.1 Å². The minimum atomic E-state index is -1.56. The fourth-order valence-electron chi connectivity index (χ4n) is 14.3. The summed E-state index contributed by atoms with van der Waals surface area (Å²) in [5, 5.41) is 29.8. The minimum absolute atomic E-state index is 0.0350. The molecule has 1 aromatic rings. The van der Waals surface area contributed by atoms with Crippen molar-refractivity contribution in [1.82, 2.24) is 0 Å². The van der Waals surface area contributed by atoms with Crippen LogP contribution in [0.25, 0.3) is 0 Å². The molecule has 15 atom stereocenters. The lowest BCUT2D eigenvalue weighted by atomic mass is 9.39. The lowest BCUT2D eigenvalue weighted by molar-refractivity contribution is -0.355. The van der Waals surface area contributed by atoms with Crippen molar-refractivity contribution in [2.24, 2.45) is 28.6 Å². The predicted octanol–water partition coefficient (Wildman–Crippen LogP) is 5.84. The molecule has 15 unspecified atom stereocenters. The van der Waals surface area contributed by atoms with E-state index in [9.17, 15) is 15.0 Å². The van der Waals surface area contributed by atoms with E-state index in [0.717, 1.165) is 29.7 Å². The maximum atomic E-state index is 14.3. The number of epoxide rings is 1. The van der Waals surface area contributed by atoms with Crippen molar-refractivity contribution in [2.45, 2.75) is 178 Å².